The SMILES string of the molecule is Cc1cn(-c2cc(NCc3c(C)cccc3C)c3nc(C)c(C)n3c2)cn1.Cl. The van der Waals surface area contributed by atoms with Gasteiger partial charge in [-0.15, -0.1) is 12.4 Å². The first kappa shape index (κ1) is 20.0. The molecule has 0 bridgehead atoms. The Morgan fingerprint density at radius 3 is 2.36 bits per heavy atom. The average Bonchev–Trinajstić information content (AvgIpc) is 3.19. The fourth-order valence-electron chi connectivity index (χ4n) is 3.50. The van der Waals surface area contributed by atoms with Crippen molar-refractivity contribution in [3.8, 4) is 5.69 Å². The molecule has 28 heavy (non-hydrogen) atoms. The van der Waals surface area contributed by atoms with Gasteiger partial charge in [0.2, 0.25) is 0 Å². The minimum atomic E-state index is 0. The molecule has 0 unspecified atom stereocenters. The average molecular weight is 396 g/mol. The summed E-state index contributed by atoms with van der Waals surface area (Å²) in [5, 5.41) is 3.63. The molecule has 0 aliphatic heterocycles. The van der Waals surface area contributed by atoms with Crippen LogP contribution in [0.1, 0.15) is 33.8 Å². The largest absolute Gasteiger partial charge is 0.378 e. The number of rotatable bonds is 4. The molecular formula is C22H26ClN5. The summed E-state index contributed by atoms with van der Waals surface area (Å²) in [4.78, 5) is 9.15. The molecule has 0 spiro atoms. The van der Waals surface area contributed by atoms with Crippen LogP contribution in [0.3, 0.4) is 0 Å². The standard InChI is InChI=1S/C22H25N5.ClH/c1-14-7-6-8-15(2)20(14)10-23-21-9-19(26-11-16(3)24-13-26)12-27-18(5)17(4)25-22(21)27;/h6-9,11-13,23H,10H2,1-5H3;1H. The zero-order chi connectivity index (χ0) is 19.1. The highest BCUT2D eigenvalue weighted by Gasteiger charge is 2.13. The predicted molar refractivity (Wildman–Crippen MR) is 117 cm³/mol. The van der Waals surface area contributed by atoms with Gasteiger partial charge in [0.1, 0.15) is 0 Å². The minimum Gasteiger partial charge on any atom is -0.378 e. The summed E-state index contributed by atoms with van der Waals surface area (Å²) in [5.41, 5.74) is 10.2. The summed E-state index contributed by atoms with van der Waals surface area (Å²) in [5.74, 6) is 0. The van der Waals surface area contributed by atoms with E-state index in [1.807, 2.05) is 24.0 Å². The molecule has 146 valence electrons. The molecule has 4 rings (SSSR count). The highest BCUT2D eigenvalue weighted by Crippen LogP contribution is 2.25. The fourth-order valence-corrected chi connectivity index (χ4v) is 3.50. The van der Waals surface area contributed by atoms with E-state index in [9.17, 15) is 0 Å². The topological polar surface area (TPSA) is 47.2 Å². The van der Waals surface area contributed by atoms with E-state index in [0.717, 1.165) is 40.6 Å². The van der Waals surface area contributed by atoms with Crippen molar-refractivity contribution in [1.29, 1.82) is 0 Å². The molecule has 5 nitrogen and oxygen atoms in total. The minimum absolute atomic E-state index is 0. The van der Waals surface area contributed by atoms with E-state index < -0.39 is 0 Å². The van der Waals surface area contributed by atoms with Crippen molar-refractivity contribution in [3.05, 3.63) is 76.8 Å². The first-order valence-corrected chi connectivity index (χ1v) is 9.23. The van der Waals surface area contributed by atoms with E-state index in [1.54, 1.807) is 0 Å². The van der Waals surface area contributed by atoms with Crippen LogP contribution in [0.15, 0.2) is 43.0 Å². The summed E-state index contributed by atoms with van der Waals surface area (Å²) in [6.45, 7) is 11.3. The first-order chi connectivity index (χ1) is 12.9. The lowest BCUT2D eigenvalue weighted by Crippen LogP contribution is -2.06. The van der Waals surface area contributed by atoms with Crippen molar-refractivity contribution in [1.82, 2.24) is 18.9 Å². The van der Waals surface area contributed by atoms with Crippen molar-refractivity contribution in [3.63, 3.8) is 0 Å². The maximum absolute atomic E-state index is 4.79. The van der Waals surface area contributed by atoms with Crippen LogP contribution in [0.25, 0.3) is 11.3 Å². The first-order valence-electron chi connectivity index (χ1n) is 9.23. The van der Waals surface area contributed by atoms with E-state index in [2.05, 4.69) is 72.9 Å². The van der Waals surface area contributed by atoms with Crippen LogP contribution in [0, 0.1) is 34.6 Å². The van der Waals surface area contributed by atoms with Gasteiger partial charge in [-0.1, -0.05) is 18.2 Å². The van der Waals surface area contributed by atoms with Gasteiger partial charge >= 0.3 is 0 Å². The number of hydrogen-bond acceptors (Lipinski definition) is 3. The molecule has 6 heteroatoms. The highest BCUT2D eigenvalue weighted by molar-refractivity contribution is 5.85. The number of nitrogens with zero attached hydrogens (tertiary/aromatic N) is 4. The number of halogens is 1. The molecule has 1 aromatic carbocycles. The van der Waals surface area contributed by atoms with Crippen LogP contribution in [0.4, 0.5) is 5.69 Å². The maximum Gasteiger partial charge on any atom is 0.160 e. The van der Waals surface area contributed by atoms with Crippen LogP contribution in [0.5, 0.6) is 0 Å². The van der Waals surface area contributed by atoms with Crippen LogP contribution in [-0.4, -0.2) is 18.9 Å². The summed E-state index contributed by atoms with van der Waals surface area (Å²) in [7, 11) is 0. The number of imidazole rings is 2. The number of anilines is 1. The van der Waals surface area contributed by atoms with E-state index in [0.29, 0.717) is 0 Å². The van der Waals surface area contributed by atoms with Gasteiger partial charge in [0.15, 0.2) is 5.65 Å². The van der Waals surface area contributed by atoms with E-state index >= 15 is 0 Å². The van der Waals surface area contributed by atoms with Gasteiger partial charge in [0.25, 0.3) is 0 Å². The van der Waals surface area contributed by atoms with Gasteiger partial charge in [-0.05, 0) is 57.4 Å². The van der Waals surface area contributed by atoms with Crippen molar-refractivity contribution in [2.45, 2.75) is 41.2 Å². The fraction of sp³-hybridized carbons (Fsp3) is 0.273. The van der Waals surface area contributed by atoms with Crippen LogP contribution < -0.4 is 5.32 Å². The second-order valence-electron chi connectivity index (χ2n) is 7.23. The van der Waals surface area contributed by atoms with Crippen molar-refractivity contribution < 1.29 is 0 Å². The molecule has 0 aliphatic carbocycles. The third kappa shape index (κ3) is 3.50. The lowest BCUT2D eigenvalue weighted by atomic mass is 10.0. The third-order valence-electron chi connectivity index (χ3n) is 5.29. The summed E-state index contributed by atoms with van der Waals surface area (Å²) < 4.78 is 4.21. The molecule has 0 radical (unpaired) electrons. The number of hydrogen-bond donors (Lipinski definition) is 1. The Hall–Kier alpha value is -2.79. The maximum atomic E-state index is 4.79. The molecule has 4 aromatic rings. The molecule has 3 heterocycles. The summed E-state index contributed by atoms with van der Waals surface area (Å²) in [6, 6.07) is 8.58. The number of benzene rings is 1. The molecular weight excluding hydrogens is 370 g/mol. The Balaban J connectivity index is 0.00000225. The number of aryl methyl sites for hydroxylation is 5. The molecule has 0 fully saturated rings. The Morgan fingerprint density at radius 2 is 1.71 bits per heavy atom. The monoisotopic (exact) mass is 395 g/mol. The zero-order valence-corrected chi connectivity index (χ0v) is 17.8. The molecule has 0 amide bonds. The predicted octanol–water partition coefficient (Wildman–Crippen LogP) is 5.10. The second-order valence-corrected chi connectivity index (χ2v) is 7.23. The normalized spacial score (nSPS) is 10.9. The molecule has 0 aliphatic rings. The number of fused-ring (bicyclic) bond motifs is 1. The van der Waals surface area contributed by atoms with Gasteiger partial charge in [0, 0.05) is 24.6 Å². The smallest absolute Gasteiger partial charge is 0.160 e. The summed E-state index contributed by atoms with van der Waals surface area (Å²) in [6.07, 6.45) is 6.01. The second kappa shape index (κ2) is 7.68. The van der Waals surface area contributed by atoms with Crippen LogP contribution >= 0.6 is 12.4 Å². The van der Waals surface area contributed by atoms with Gasteiger partial charge < -0.3 is 14.3 Å². The quantitative estimate of drug-likeness (QED) is 0.523. The van der Waals surface area contributed by atoms with E-state index in [-0.39, 0.29) is 12.4 Å². The number of pyridine rings is 1. The molecule has 0 saturated carbocycles. The van der Waals surface area contributed by atoms with Gasteiger partial charge in [-0.3, -0.25) is 0 Å². The van der Waals surface area contributed by atoms with Gasteiger partial charge in [-0.2, -0.15) is 0 Å². The number of aromatic nitrogens is 4. The molecule has 0 atom stereocenters. The zero-order valence-electron chi connectivity index (χ0n) is 16.9. The van der Waals surface area contributed by atoms with E-state index in [4.69, 9.17) is 4.98 Å². The third-order valence-corrected chi connectivity index (χ3v) is 5.29. The Labute approximate surface area is 171 Å². The molecule has 1 N–H and O–H groups in total. The van der Waals surface area contributed by atoms with Crippen molar-refractivity contribution >= 4 is 23.7 Å². The highest BCUT2D eigenvalue weighted by atomic mass is 35.5. The summed E-state index contributed by atoms with van der Waals surface area (Å²) >= 11 is 0. The Morgan fingerprint density at radius 1 is 1.00 bits per heavy atom. The van der Waals surface area contributed by atoms with Gasteiger partial charge in [0.05, 0.1) is 29.1 Å². The number of nitrogens with one attached hydrogen (secondary N) is 1. The lowest BCUT2D eigenvalue weighted by Gasteiger charge is -2.14. The molecule has 3 aromatic heterocycles. The van der Waals surface area contributed by atoms with E-state index in [1.165, 1.54) is 16.7 Å². The Kier molecular flexibility index (Phi) is 5.47. The lowest BCUT2D eigenvalue weighted by molar-refractivity contribution is 1.000. The van der Waals surface area contributed by atoms with Gasteiger partial charge in [-0.25, -0.2) is 9.97 Å². The van der Waals surface area contributed by atoms with Crippen molar-refractivity contribution in [2.24, 2.45) is 0 Å². The van der Waals surface area contributed by atoms with Crippen LogP contribution in [-0.2, 0) is 6.54 Å². The van der Waals surface area contributed by atoms with Crippen molar-refractivity contribution in [2.75, 3.05) is 5.32 Å². The molecule has 0 saturated heterocycles. The Bertz CT molecular complexity index is 1120. The van der Waals surface area contributed by atoms with Crippen LogP contribution in [0.2, 0.25) is 0 Å².